The van der Waals surface area contributed by atoms with Gasteiger partial charge >= 0.3 is 0 Å². The largest absolute Gasteiger partial charge is 0.343 e. The molecule has 0 unspecified atom stereocenters. The monoisotopic (exact) mass is 375 g/mol. The van der Waals surface area contributed by atoms with Crippen molar-refractivity contribution in [3.05, 3.63) is 70.2 Å². The number of amides is 3. The van der Waals surface area contributed by atoms with E-state index in [1.54, 1.807) is 54.6 Å². The Labute approximate surface area is 141 Å². The minimum atomic E-state index is -0.528. The van der Waals surface area contributed by atoms with Gasteiger partial charge < -0.3 is 5.32 Å². The van der Waals surface area contributed by atoms with Gasteiger partial charge in [0.25, 0.3) is 17.7 Å². The quantitative estimate of drug-likeness (QED) is 0.709. The first kappa shape index (κ1) is 16.7. The van der Waals surface area contributed by atoms with Gasteiger partial charge in [0.1, 0.15) is 0 Å². The van der Waals surface area contributed by atoms with Crippen molar-refractivity contribution >= 4 is 33.7 Å². The van der Waals surface area contributed by atoms with Crippen LogP contribution in [0.2, 0.25) is 0 Å². The third-order valence-electron chi connectivity index (χ3n) is 2.87. The first-order valence-electron chi connectivity index (χ1n) is 6.74. The summed E-state index contributed by atoms with van der Waals surface area (Å²) in [5.74, 6) is -1.33. The molecule has 0 saturated carbocycles. The molecule has 2 rings (SSSR count). The molecule has 0 radical (unpaired) electrons. The highest BCUT2D eigenvalue weighted by Crippen LogP contribution is 2.10. The first-order chi connectivity index (χ1) is 11.1. The third kappa shape index (κ3) is 5.23. The van der Waals surface area contributed by atoms with E-state index in [0.29, 0.717) is 11.1 Å². The number of nitrogens with one attached hydrogen (secondary N) is 3. The number of halogens is 1. The van der Waals surface area contributed by atoms with Gasteiger partial charge in [0.2, 0.25) is 0 Å². The highest BCUT2D eigenvalue weighted by molar-refractivity contribution is 9.10. The summed E-state index contributed by atoms with van der Waals surface area (Å²) in [6.45, 7) is -0.242. The zero-order chi connectivity index (χ0) is 16.7. The second kappa shape index (κ2) is 8.09. The minimum absolute atomic E-state index is 0.242. The molecule has 0 fully saturated rings. The van der Waals surface area contributed by atoms with E-state index in [4.69, 9.17) is 0 Å². The highest BCUT2D eigenvalue weighted by atomic mass is 79.9. The van der Waals surface area contributed by atoms with Crippen LogP contribution in [-0.2, 0) is 4.79 Å². The molecular weight excluding hydrogens is 362 g/mol. The summed E-state index contributed by atoms with van der Waals surface area (Å²) in [4.78, 5) is 35.2. The Morgan fingerprint density at radius 1 is 0.783 bits per heavy atom. The molecule has 7 heteroatoms. The molecule has 0 heterocycles. The van der Waals surface area contributed by atoms with Crippen LogP contribution in [0.15, 0.2) is 59.1 Å². The van der Waals surface area contributed by atoms with Gasteiger partial charge in [-0.05, 0) is 36.4 Å². The summed E-state index contributed by atoms with van der Waals surface area (Å²) in [7, 11) is 0. The lowest BCUT2D eigenvalue weighted by molar-refractivity contribution is -0.120. The zero-order valence-corrected chi connectivity index (χ0v) is 13.6. The predicted octanol–water partition coefficient (Wildman–Crippen LogP) is 1.64. The van der Waals surface area contributed by atoms with Crippen molar-refractivity contribution in [2.24, 2.45) is 0 Å². The molecule has 0 aliphatic carbocycles. The van der Waals surface area contributed by atoms with Crippen molar-refractivity contribution in [2.45, 2.75) is 0 Å². The van der Waals surface area contributed by atoms with Crippen LogP contribution in [0.3, 0.4) is 0 Å². The molecule has 0 aliphatic rings. The highest BCUT2D eigenvalue weighted by Gasteiger charge is 2.09. The van der Waals surface area contributed by atoms with Gasteiger partial charge in [-0.1, -0.05) is 34.1 Å². The SMILES string of the molecule is O=C(CNC(=O)c1ccccc1)NNC(=O)c1ccc(Br)cc1. The first-order valence-corrected chi connectivity index (χ1v) is 7.53. The maximum Gasteiger partial charge on any atom is 0.269 e. The van der Waals surface area contributed by atoms with Crippen LogP contribution in [0, 0.1) is 0 Å². The van der Waals surface area contributed by atoms with Gasteiger partial charge in [0.05, 0.1) is 6.54 Å². The van der Waals surface area contributed by atoms with E-state index in [-0.39, 0.29) is 12.5 Å². The molecule has 2 aromatic carbocycles. The van der Waals surface area contributed by atoms with Gasteiger partial charge in [-0.3, -0.25) is 25.2 Å². The minimum Gasteiger partial charge on any atom is -0.343 e. The van der Waals surface area contributed by atoms with E-state index >= 15 is 0 Å². The fraction of sp³-hybridized carbons (Fsp3) is 0.0625. The normalized spacial score (nSPS) is 9.78. The molecule has 0 atom stereocenters. The number of carbonyl (C=O) groups excluding carboxylic acids is 3. The number of hydrogen-bond donors (Lipinski definition) is 3. The smallest absolute Gasteiger partial charge is 0.269 e. The molecular formula is C16H14BrN3O3. The Morgan fingerprint density at radius 3 is 2.04 bits per heavy atom. The standard InChI is InChI=1S/C16H14BrN3O3/c17-13-8-6-12(7-9-13)16(23)20-19-14(21)10-18-15(22)11-4-2-1-3-5-11/h1-9H,10H2,(H,18,22)(H,19,21)(H,20,23). The fourth-order valence-electron chi connectivity index (χ4n) is 1.70. The topological polar surface area (TPSA) is 87.3 Å². The molecule has 3 amide bonds. The molecule has 0 aromatic heterocycles. The summed E-state index contributed by atoms with van der Waals surface area (Å²) < 4.78 is 0.849. The average Bonchev–Trinajstić information content (AvgIpc) is 2.59. The van der Waals surface area contributed by atoms with Crippen LogP contribution in [-0.4, -0.2) is 24.3 Å². The van der Waals surface area contributed by atoms with Crippen LogP contribution in [0.1, 0.15) is 20.7 Å². The van der Waals surface area contributed by atoms with Gasteiger partial charge in [-0.15, -0.1) is 0 Å². The van der Waals surface area contributed by atoms with Crippen molar-refractivity contribution in [1.82, 2.24) is 16.2 Å². The second-order valence-corrected chi connectivity index (χ2v) is 5.47. The van der Waals surface area contributed by atoms with E-state index in [2.05, 4.69) is 32.1 Å². The Bertz CT molecular complexity index is 702. The van der Waals surface area contributed by atoms with Crippen molar-refractivity contribution < 1.29 is 14.4 Å². The van der Waals surface area contributed by atoms with Crippen LogP contribution < -0.4 is 16.2 Å². The number of rotatable bonds is 4. The zero-order valence-electron chi connectivity index (χ0n) is 12.0. The lowest BCUT2D eigenvalue weighted by Crippen LogP contribution is -2.46. The van der Waals surface area contributed by atoms with Crippen molar-refractivity contribution in [3.8, 4) is 0 Å². The van der Waals surface area contributed by atoms with E-state index in [9.17, 15) is 14.4 Å². The summed E-state index contributed by atoms with van der Waals surface area (Å²) >= 11 is 3.27. The van der Waals surface area contributed by atoms with Crippen molar-refractivity contribution in [2.75, 3.05) is 6.54 Å². The summed E-state index contributed by atoms with van der Waals surface area (Å²) in [5.41, 5.74) is 5.38. The molecule has 23 heavy (non-hydrogen) atoms. The number of carbonyl (C=O) groups is 3. The molecule has 0 bridgehead atoms. The maximum atomic E-state index is 11.8. The number of hydrazine groups is 1. The Balaban J connectivity index is 1.76. The van der Waals surface area contributed by atoms with Gasteiger partial charge in [0.15, 0.2) is 0 Å². The Morgan fingerprint density at radius 2 is 1.39 bits per heavy atom. The molecule has 2 aromatic rings. The fourth-order valence-corrected chi connectivity index (χ4v) is 1.96. The molecule has 0 saturated heterocycles. The van der Waals surface area contributed by atoms with E-state index in [1.807, 2.05) is 0 Å². The van der Waals surface area contributed by atoms with Crippen LogP contribution in [0.4, 0.5) is 0 Å². The summed E-state index contributed by atoms with van der Waals surface area (Å²) in [6, 6.07) is 15.2. The molecule has 6 nitrogen and oxygen atoms in total. The summed E-state index contributed by atoms with van der Waals surface area (Å²) in [6.07, 6.45) is 0. The van der Waals surface area contributed by atoms with E-state index in [1.165, 1.54) is 0 Å². The van der Waals surface area contributed by atoms with Crippen LogP contribution in [0.5, 0.6) is 0 Å². The predicted molar refractivity (Wildman–Crippen MR) is 88.5 cm³/mol. The average molecular weight is 376 g/mol. The Hall–Kier alpha value is -2.67. The van der Waals surface area contributed by atoms with E-state index in [0.717, 1.165) is 4.47 Å². The van der Waals surface area contributed by atoms with Gasteiger partial charge in [-0.2, -0.15) is 0 Å². The third-order valence-corrected chi connectivity index (χ3v) is 3.40. The second-order valence-electron chi connectivity index (χ2n) is 4.56. The molecule has 0 aliphatic heterocycles. The molecule has 3 N–H and O–H groups in total. The molecule has 118 valence electrons. The van der Waals surface area contributed by atoms with Gasteiger partial charge in [0, 0.05) is 15.6 Å². The van der Waals surface area contributed by atoms with Crippen molar-refractivity contribution in [1.29, 1.82) is 0 Å². The Kier molecular flexibility index (Phi) is 5.87. The van der Waals surface area contributed by atoms with Gasteiger partial charge in [-0.25, -0.2) is 0 Å². The maximum absolute atomic E-state index is 11.8. The lowest BCUT2D eigenvalue weighted by Gasteiger charge is -2.08. The number of hydrogen-bond acceptors (Lipinski definition) is 3. The lowest BCUT2D eigenvalue weighted by atomic mass is 10.2. The van der Waals surface area contributed by atoms with Crippen LogP contribution >= 0.6 is 15.9 Å². The summed E-state index contributed by atoms with van der Waals surface area (Å²) in [5, 5.41) is 2.46. The molecule has 0 spiro atoms. The van der Waals surface area contributed by atoms with Crippen molar-refractivity contribution in [3.63, 3.8) is 0 Å². The number of benzene rings is 2. The van der Waals surface area contributed by atoms with E-state index < -0.39 is 11.8 Å². The van der Waals surface area contributed by atoms with Crippen LogP contribution in [0.25, 0.3) is 0 Å².